The van der Waals surface area contributed by atoms with Crippen LogP contribution >= 0.6 is 0 Å². The summed E-state index contributed by atoms with van der Waals surface area (Å²) < 4.78 is 4.97. The lowest BCUT2D eigenvalue weighted by atomic mass is 9.96. The number of anilines is 1. The molecule has 1 saturated carbocycles. The maximum absolute atomic E-state index is 12.0. The van der Waals surface area contributed by atoms with Crippen molar-refractivity contribution in [1.29, 1.82) is 0 Å². The van der Waals surface area contributed by atoms with Crippen molar-refractivity contribution in [2.45, 2.75) is 38.1 Å². The highest BCUT2D eigenvalue weighted by molar-refractivity contribution is 5.97. The van der Waals surface area contributed by atoms with Crippen molar-refractivity contribution < 1.29 is 19.1 Å². The van der Waals surface area contributed by atoms with E-state index in [1.165, 1.54) is 6.42 Å². The number of amides is 3. The first-order chi connectivity index (χ1) is 12.0. The molecule has 0 spiro atoms. The van der Waals surface area contributed by atoms with Crippen molar-refractivity contribution in [2.24, 2.45) is 0 Å². The molecule has 0 aromatic heterocycles. The second-order valence-corrected chi connectivity index (χ2v) is 6.38. The first-order valence-electron chi connectivity index (χ1n) is 8.50. The van der Waals surface area contributed by atoms with Crippen molar-refractivity contribution in [3.05, 3.63) is 29.8 Å². The third kappa shape index (κ3) is 6.10. The Hall–Kier alpha value is -2.57. The molecule has 0 unspecified atom stereocenters. The minimum Gasteiger partial charge on any atom is -0.452 e. The van der Waals surface area contributed by atoms with Gasteiger partial charge in [0.25, 0.3) is 5.91 Å². The largest absolute Gasteiger partial charge is 0.452 e. The van der Waals surface area contributed by atoms with Crippen LogP contribution in [-0.4, -0.2) is 44.7 Å². The smallest absolute Gasteiger partial charge is 0.338 e. The maximum atomic E-state index is 12.0. The van der Waals surface area contributed by atoms with Crippen LogP contribution < -0.4 is 15.5 Å². The molecule has 136 valence electrons. The van der Waals surface area contributed by atoms with Gasteiger partial charge in [-0.2, -0.15) is 0 Å². The third-order valence-corrected chi connectivity index (χ3v) is 4.13. The average molecular weight is 347 g/mol. The number of nitrogens with zero attached hydrogens (tertiary/aromatic N) is 1. The highest BCUT2D eigenvalue weighted by atomic mass is 16.5. The van der Waals surface area contributed by atoms with E-state index in [1.807, 2.05) is 25.1 Å². The van der Waals surface area contributed by atoms with Crippen LogP contribution in [0.5, 0.6) is 0 Å². The fourth-order valence-electron chi connectivity index (χ4n) is 2.76. The fourth-order valence-corrected chi connectivity index (χ4v) is 2.76. The molecule has 1 aromatic carbocycles. The topological polar surface area (TPSA) is 87.7 Å². The lowest BCUT2D eigenvalue weighted by molar-refractivity contribution is -0.123. The number of hydrogen-bond acceptors (Lipinski definition) is 5. The first kappa shape index (κ1) is 18.8. The van der Waals surface area contributed by atoms with Gasteiger partial charge in [0, 0.05) is 25.8 Å². The third-order valence-electron chi connectivity index (χ3n) is 4.13. The molecule has 2 rings (SSSR count). The Morgan fingerprint density at radius 3 is 2.56 bits per heavy atom. The van der Waals surface area contributed by atoms with Crippen molar-refractivity contribution in [2.75, 3.05) is 25.6 Å². The second-order valence-electron chi connectivity index (χ2n) is 6.38. The number of urea groups is 1. The molecule has 2 N–H and O–H groups in total. The van der Waals surface area contributed by atoms with E-state index < -0.39 is 24.5 Å². The molecule has 0 atom stereocenters. The standard InChI is InChI=1S/C18H25N3O4/c1-21(2)15-10-6-7-13(11-15)17(23)25-12-16(22)20-18(24)19-14-8-4-3-5-9-14/h6-7,10-11,14H,3-5,8-9,12H2,1-2H3,(H2,19,20,22,24). The number of imide groups is 1. The molecule has 1 fully saturated rings. The molecule has 0 bridgehead atoms. The molecule has 25 heavy (non-hydrogen) atoms. The summed E-state index contributed by atoms with van der Waals surface area (Å²) in [6, 6.07) is 6.46. The molecule has 0 aliphatic heterocycles. The number of nitrogens with one attached hydrogen (secondary N) is 2. The summed E-state index contributed by atoms with van der Waals surface area (Å²) in [5.74, 6) is -1.25. The van der Waals surface area contributed by atoms with Gasteiger partial charge in [-0.25, -0.2) is 9.59 Å². The van der Waals surface area contributed by atoms with Gasteiger partial charge in [0.2, 0.25) is 0 Å². The van der Waals surface area contributed by atoms with Crippen LogP contribution in [0, 0.1) is 0 Å². The minimum atomic E-state index is -0.648. The minimum absolute atomic E-state index is 0.109. The van der Waals surface area contributed by atoms with Gasteiger partial charge in [-0.1, -0.05) is 25.3 Å². The van der Waals surface area contributed by atoms with Gasteiger partial charge in [-0.3, -0.25) is 10.1 Å². The van der Waals surface area contributed by atoms with Gasteiger partial charge < -0.3 is 15.0 Å². The summed E-state index contributed by atoms with van der Waals surface area (Å²) in [5, 5.41) is 4.96. The van der Waals surface area contributed by atoms with Gasteiger partial charge in [0.05, 0.1) is 5.56 Å². The number of esters is 1. The SMILES string of the molecule is CN(C)c1cccc(C(=O)OCC(=O)NC(=O)NC2CCCCC2)c1. The summed E-state index contributed by atoms with van der Waals surface area (Å²) in [6.45, 7) is -0.497. The van der Waals surface area contributed by atoms with Gasteiger partial charge in [0.1, 0.15) is 0 Å². The van der Waals surface area contributed by atoms with Crippen LogP contribution in [-0.2, 0) is 9.53 Å². The van der Waals surface area contributed by atoms with Crippen LogP contribution in [0.15, 0.2) is 24.3 Å². The summed E-state index contributed by atoms with van der Waals surface area (Å²) in [6.07, 6.45) is 5.21. The van der Waals surface area contributed by atoms with Gasteiger partial charge in [0.15, 0.2) is 6.61 Å². The quantitative estimate of drug-likeness (QED) is 0.796. The molecule has 1 aromatic rings. The molecule has 0 radical (unpaired) electrons. The Morgan fingerprint density at radius 1 is 1.16 bits per heavy atom. The monoisotopic (exact) mass is 347 g/mol. The summed E-state index contributed by atoms with van der Waals surface area (Å²) in [7, 11) is 3.73. The van der Waals surface area contributed by atoms with Crippen molar-refractivity contribution >= 4 is 23.6 Å². The first-order valence-corrected chi connectivity index (χ1v) is 8.50. The lowest BCUT2D eigenvalue weighted by Gasteiger charge is -2.22. The Labute approximate surface area is 147 Å². The zero-order valence-electron chi connectivity index (χ0n) is 14.7. The average Bonchev–Trinajstić information content (AvgIpc) is 2.60. The molecule has 3 amide bonds. The fraction of sp³-hybridized carbons (Fsp3) is 0.500. The molecular weight excluding hydrogens is 322 g/mol. The molecule has 7 heteroatoms. The lowest BCUT2D eigenvalue weighted by Crippen LogP contribution is -2.46. The number of carbonyl (C=O) groups excluding carboxylic acids is 3. The highest BCUT2D eigenvalue weighted by Gasteiger charge is 2.18. The van der Waals surface area contributed by atoms with Crippen LogP contribution in [0.3, 0.4) is 0 Å². The zero-order chi connectivity index (χ0) is 18.2. The van der Waals surface area contributed by atoms with Crippen molar-refractivity contribution in [3.8, 4) is 0 Å². The predicted octanol–water partition coefficient (Wildman–Crippen LogP) is 2.07. The maximum Gasteiger partial charge on any atom is 0.338 e. The van der Waals surface area contributed by atoms with Gasteiger partial charge in [-0.15, -0.1) is 0 Å². The second kappa shape index (κ2) is 9.05. The van der Waals surface area contributed by atoms with E-state index in [0.717, 1.165) is 31.4 Å². The highest BCUT2D eigenvalue weighted by Crippen LogP contribution is 2.17. The van der Waals surface area contributed by atoms with Gasteiger partial charge >= 0.3 is 12.0 Å². The molecular formula is C18H25N3O4. The Morgan fingerprint density at radius 2 is 1.88 bits per heavy atom. The Balaban J connectivity index is 1.76. The van der Waals surface area contributed by atoms with Crippen LogP contribution in [0.25, 0.3) is 0 Å². The van der Waals surface area contributed by atoms with Crippen LogP contribution in [0.4, 0.5) is 10.5 Å². The molecule has 7 nitrogen and oxygen atoms in total. The Kier molecular flexibility index (Phi) is 6.80. The van der Waals surface area contributed by atoms with Crippen LogP contribution in [0.2, 0.25) is 0 Å². The number of carbonyl (C=O) groups is 3. The van der Waals surface area contributed by atoms with E-state index in [-0.39, 0.29) is 6.04 Å². The predicted molar refractivity (Wildman–Crippen MR) is 94.6 cm³/mol. The van der Waals surface area contributed by atoms with E-state index in [1.54, 1.807) is 18.2 Å². The molecule has 0 heterocycles. The van der Waals surface area contributed by atoms with Crippen molar-refractivity contribution in [1.82, 2.24) is 10.6 Å². The number of ether oxygens (including phenoxy) is 1. The molecule has 1 aliphatic rings. The van der Waals surface area contributed by atoms with Gasteiger partial charge in [-0.05, 0) is 31.0 Å². The Bertz CT molecular complexity index is 625. The normalized spacial score (nSPS) is 14.5. The number of rotatable bonds is 5. The number of hydrogen-bond donors (Lipinski definition) is 2. The molecule has 1 aliphatic carbocycles. The van der Waals surface area contributed by atoms with E-state index in [4.69, 9.17) is 4.74 Å². The van der Waals surface area contributed by atoms with E-state index in [2.05, 4.69) is 10.6 Å². The summed E-state index contributed by atoms with van der Waals surface area (Å²) in [5.41, 5.74) is 1.21. The van der Waals surface area contributed by atoms with Crippen LogP contribution in [0.1, 0.15) is 42.5 Å². The number of benzene rings is 1. The van der Waals surface area contributed by atoms with E-state index in [9.17, 15) is 14.4 Å². The van der Waals surface area contributed by atoms with E-state index >= 15 is 0 Å². The summed E-state index contributed by atoms with van der Waals surface area (Å²) in [4.78, 5) is 37.4. The van der Waals surface area contributed by atoms with E-state index in [0.29, 0.717) is 5.56 Å². The zero-order valence-corrected chi connectivity index (χ0v) is 14.7. The molecule has 0 saturated heterocycles. The van der Waals surface area contributed by atoms with Crippen molar-refractivity contribution in [3.63, 3.8) is 0 Å². The summed E-state index contributed by atoms with van der Waals surface area (Å²) >= 11 is 0.